The third-order valence-electron chi connectivity index (χ3n) is 2.50. The van der Waals surface area contributed by atoms with Crippen molar-refractivity contribution in [1.29, 1.82) is 0 Å². The van der Waals surface area contributed by atoms with Crippen LogP contribution in [0.2, 0.25) is 5.15 Å². The summed E-state index contributed by atoms with van der Waals surface area (Å²) in [6.45, 7) is 0. The van der Waals surface area contributed by atoms with Crippen molar-refractivity contribution >= 4 is 22.6 Å². The van der Waals surface area contributed by atoms with E-state index in [1.165, 1.54) is 10.7 Å². The summed E-state index contributed by atoms with van der Waals surface area (Å²) in [5.74, 6) is -1.41. The molecule has 3 rings (SSSR count). The first kappa shape index (κ1) is 12.8. The number of benzene rings is 1. The quantitative estimate of drug-likeness (QED) is 0.648. The van der Waals surface area contributed by atoms with Crippen LogP contribution in [-0.4, -0.2) is 25.0 Å². The number of hydrogen-bond donors (Lipinski definition) is 0. The second-order valence-corrected chi connectivity index (χ2v) is 4.25. The zero-order valence-corrected chi connectivity index (χ0v) is 10.4. The van der Waals surface area contributed by atoms with E-state index in [0.29, 0.717) is 11.0 Å². The second-order valence-electron chi connectivity index (χ2n) is 3.86. The summed E-state index contributed by atoms with van der Waals surface area (Å²) < 4.78 is 39.2. The van der Waals surface area contributed by atoms with Gasteiger partial charge in [0.25, 0.3) is 0 Å². The fraction of sp³-hybridized carbons (Fsp3) is 0.0909. The van der Waals surface area contributed by atoms with Crippen LogP contribution in [0, 0.1) is 0 Å². The number of para-hydroxylation sites is 1. The first-order chi connectivity index (χ1) is 9.45. The van der Waals surface area contributed by atoms with Crippen molar-refractivity contribution in [1.82, 2.24) is 25.0 Å². The van der Waals surface area contributed by atoms with Crippen LogP contribution in [-0.2, 0) is 6.18 Å². The molecule has 9 heteroatoms. The minimum Gasteiger partial charge on any atom is -0.212 e. The van der Waals surface area contributed by atoms with Crippen LogP contribution in [0.15, 0.2) is 30.3 Å². The molecule has 0 aliphatic rings. The fourth-order valence-electron chi connectivity index (χ4n) is 1.68. The van der Waals surface area contributed by atoms with Crippen molar-refractivity contribution in [3.05, 3.63) is 41.3 Å². The van der Waals surface area contributed by atoms with Gasteiger partial charge in [0.1, 0.15) is 10.7 Å². The number of rotatable bonds is 1. The van der Waals surface area contributed by atoms with Crippen molar-refractivity contribution in [3.63, 3.8) is 0 Å². The zero-order chi connectivity index (χ0) is 14.3. The van der Waals surface area contributed by atoms with Gasteiger partial charge in [-0.05, 0) is 12.1 Å². The Morgan fingerprint density at radius 2 is 1.85 bits per heavy atom. The number of hydrogen-bond acceptors (Lipinski definition) is 4. The Balaban J connectivity index is 2.22. The van der Waals surface area contributed by atoms with Crippen molar-refractivity contribution in [2.75, 3.05) is 0 Å². The molecule has 102 valence electrons. The molecule has 0 fully saturated rings. The van der Waals surface area contributed by atoms with Gasteiger partial charge in [-0.2, -0.15) is 17.9 Å². The van der Waals surface area contributed by atoms with Crippen molar-refractivity contribution in [2.24, 2.45) is 0 Å². The van der Waals surface area contributed by atoms with Crippen LogP contribution in [0.5, 0.6) is 0 Å². The van der Waals surface area contributed by atoms with Crippen molar-refractivity contribution < 1.29 is 13.2 Å². The molecule has 0 bridgehead atoms. The van der Waals surface area contributed by atoms with Crippen LogP contribution in [0.4, 0.5) is 13.2 Å². The Kier molecular flexibility index (Phi) is 2.82. The molecule has 0 amide bonds. The predicted octanol–water partition coefficient (Wildman–Crippen LogP) is 2.88. The Labute approximate surface area is 115 Å². The summed E-state index contributed by atoms with van der Waals surface area (Å²) in [6, 6.07) is 8.01. The minimum atomic E-state index is -4.68. The Morgan fingerprint density at radius 1 is 1.10 bits per heavy atom. The van der Waals surface area contributed by atoms with E-state index in [2.05, 4.69) is 20.3 Å². The molecule has 20 heavy (non-hydrogen) atoms. The first-order valence-electron chi connectivity index (χ1n) is 5.38. The highest BCUT2D eigenvalue weighted by atomic mass is 35.5. The molecule has 0 radical (unpaired) electrons. The van der Waals surface area contributed by atoms with Gasteiger partial charge in [0, 0.05) is 6.07 Å². The third kappa shape index (κ3) is 2.18. The topological polar surface area (TPSA) is 56.5 Å². The molecule has 0 aliphatic carbocycles. The van der Waals surface area contributed by atoms with E-state index >= 15 is 0 Å². The van der Waals surface area contributed by atoms with Crippen LogP contribution in [0.3, 0.4) is 0 Å². The molecular weight excluding hydrogens is 295 g/mol. The predicted molar refractivity (Wildman–Crippen MR) is 64.5 cm³/mol. The lowest BCUT2D eigenvalue weighted by molar-refractivity contribution is -0.145. The summed E-state index contributed by atoms with van der Waals surface area (Å²) in [5, 5.41) is 7.31. The van der Waals surface area contributed by atoms with Gasteiger partial charge < -0.3 is 0 Å². The van der Waals surface area contributed by atoms with Gasteiger partial charge >= 0.3 is 6.18 Å². The maximum Gasteiger partial charge on any atom is 0.451 e. The molecule has 3 aromatic rings. The molecule has 0 aliphatic heterocycles. The van der Waals surface area contributed by atoms with Crippen LogP contribution < -0.4 is 0 Å². The second kappa shape index (κ2) is 4.41. The van der Waals surface area contributed by atoms with E-state index in [0.717, 1.165) is 0 Å². The lowest BCUT2D eigenvalue weighted by Crippen LogP contribution is -2.13. The van der Waals surface area contributed by atoms with Crippen molar-refractivity contribution in [3.8, 4) is 5.82 Å². The Hall–Kier alpha value is -2.22. The normalized spacial score (nSPS) is 12.0. The monoisotopic (exact) mass is 299 g/mol. The third-order valence-corrected chi connectivity index (χ3v) is 2.70. The minimum absolute atomic E-state index is 0.0916. The molecule has 0 N–H and O–H groups in total. The average Bonchev–Trinajstić information content (AvgIpc) is 2.80. The van der Waals surface area contributed by atoms with Gasteiger partial charge in [-0.15, -0.1) is 5.10 Å². The van der Waals surface area contributed by atoms with Gasteiger partial charge in [-0.25, -0.2) is 9.97 Å². The van der Waals surface area contributed by atoms with Crippen LogP contribution >= 0.6 is 11.6 Å². The maximum atomic E-state index is 12.7. The molecular formula is C11H5ClF3N5. The molecule has 0 saturated carbocycles. The molecule has 5 nitrogen and oxygen atoms in total. The Morgan fingerprint density at radius 3 is 2.60 bits per heavy atom. The average molecular weight is 300 g/mol. The summed E-state index contributed by atoms with van der Waals surface area (Å²) in [4.78, 5) is 6.60. The molecule has 0 unspecified atom stereocenters. The fourth-order valence-corrected chi connectivity index (χ4v) is 1.86. The van der Waals surface area contributed by atoms with Crippen LogP contribution in [0.25, 0.3) is 16.9 Å². The molecule has 0 spiro atoms. The number of nitrogens with zero attached hydrogens (tertiary/aromatic N) is 5. The number of fused-ring (bicyclic) bond motifs is 1. The summed E-state index contributed by atoms with van der Waals surface area (Å²) in [7, 11) is 0. The zero-order valence-electron chi connectivity index (χ0n) is 9.63. The Bertz CT molecular complexity index is 783. The van der Waals surface area contributed by atoms with E-state index in [4.69, 9.17) is 11.6 Å². The van der Waals surface area contributed by atoms with E-state index in [1.54, 1.807) is 24.3 Å². The highest BCUT2D eigenvalue weighted by molar-refractivity contribution is 6.29. The van der Waals surface area contributed by atoms with E-state index < -0.39 is 12.0 Å². The number of alkyl halides is 3. The standard InChI is InChI=1S/C11H5ClF3N5/c12-8-5-9(17-10(16-8)11(13,14)15)20-7-4-2-1-3-6(7)18-19-20/h1-5H. The van der Waals surface area contributed by atoms with Crippen LogP contribution in [0.1, 0.15) is 5.82 Å². The van der Waals surface area contributed by atoms with Gasteiger partial charge in [-0.1, -0.05) is 28.9 Å². The van der Waals surface area contributed by atoms with Gasteiger partial charge in [0.05, 0.1) is 5.52 Å². The highest BCUT2D eigenvalue weighted by Crippen LogP contribution is 2.28. The molecule has 0 atom stereocenters. The molecule has 2 aromatic heterocycles. The largest absolute Gasteiger partial charge is 0.451 e. The summed E-state index contributed by atoms with van der Waals surface area (Å²) in [6.07, 6.45) is -4.68. The van der Waals surface area contributed by atoms with E-state index in [1.807, 2.05) is 0 Å². The number of halogens is 4. The summed E-state index contributed by atoms with van der Waals surface area (Å²) >= 11 is 5.61. The molecule has 2 heterocycles. The van der Waals surface area contributed by atoms with E-state index in [9.17, 15) is 13.2 Å². The summed E-state index contributed by atoms with van der Waals surface area (Å²) in [5.41, 5.74) is 1.06. The smallest absolute Gasteiger partial charge is 0.212 e. The van der Waals surface area contributed by atoms with Crippen molar-refractivity contribution in [2.45, 2.75) is 6.18 Å². The van der Waals surface area contributed by atoms with E-state index in [-0.39, 0.29) is 11.0 Å². The molecule has 1 aromatic carbocycles. The highest BCUT2D eigenvalue weighted by Gasteiger charge is 2.35. The molecule has 0 saturated heterocycles. The van der Waals surface area contributed by atoms with Gasteiger partial charge in [0.2, 0.25) is 5.82 Å². The SMILES string of the molecule is FC(F)(F)c1nc(Cl)cc(-n2nnc3ccccc32)n1. The lowest BCUT2D eigenvalue weighted by atomic mass is 10.3. The first-order valence-corrected chi connectivity index (χ1v) is 5.75. The van der Waals surface area contributed by atoms with Gasteiger partial charge in [-0.3, -0.25) is 0 Å². The van der Waals surface area contributed by atoms with Gasteiger partial charge in [0.15, 0.2) is 5.82 Å². The maximum absolute atomic E-state index is 12.7. The lowest BCUT2D eigenvalue weighted by Gasteiger charge is -2.07. The number of aromatic nitrogens is 5.